The lowest BCUT2D eigenvalue weighted by Gasteiger charge is -2.42. The van der Waals surface area contributed by atoms with E-state index in [2.05, 4.69) is 75.8 Å². The highest BCUT2D eigenvalue weighted by atomic mass is 28.5. The summed E-state index contributed by atoms with van der Waals surface area (Å²) in [6.07, 6.45) is 5.75. The van der Waals surface area contributed by atoms with Gasteiger partial charge in [-0.2, -0.15) is 0 Å². The molecule has 0 N–H and O–H groups in total. The van der Waals surface area contributed by atoms with Crippen LogP contribution in [0.2, 0.25) is 26.2 Å². The molecule has 1 aliphatic rings. The Labute approximate surface area is 150 Å². The summed E-state index contributed by atoms with van der Waals surface area (Å²) in [4.78, 5) is 0. The minimum Gasteiger partial charge on any atom is -0.427 e. The van der Waals surface area contributed by atoms with E-state index in [1.165, 1.54) is 16.8 Å². The Kier molecular flexibility index (Phi) is 6.04. The molecular weight excluding hydrogens is 344 g/mol. The van der Waals surface area contributed by atoms with E-state index < -0.39 is 25.2 Å². The monoisotopic (exact) mass is 374 g/mol. The fourth-order valence-electron chi connectivity index (χ4n) is 2.91. The van der Waals surface area contributed by atoms with Crippen LogP contribution in [0.25, 0.3) is 0 Å². The van der Waals surface area contributed by atoms with Crippen molar-refractivity contribution < 1.29 is 8.23 Å². The van der Waals surface area contributed by atoms with Crippen molar-refractivity contribution >= 4 is 30.4 Å². The van der Waals surface area contributed by atoms with Gasteiger partial charge in [0.2, 0.25) is 16.6 Å². The lowest BCUT2D eigenvalue weighted by atomic mass is 10.4. The fourth-order valence-corrected chi connectivity index (χ4v) is 14.0. The predicted octanol–water partition coefficient (Wildman–Crippen LogP) is 4.88. The topological polar surface area (TPSA) is 18.5 Å². The average Bonchev–Trinajstić information content (AvgIpc) is 3.09. The van der Waals surface area contributed by atoms with E-state index >= 15 is 0 Å². The molecule has 0 saturated heterocycles. The predicted molar refractivity (Wildman–Crippen MR) is 111 cm³/mol. The molecule has 0 aromatic heterocycles. The van der Waals surface area contributed by atoms with Crippen LogP contribution in [0.1, 0.15) is 19.3 Å². The van der Waals surface area contributed by atoms with Gasteiger partial charge in [0.05, 0.1) is 0 Å². The number of rotatable bonds is 8. The molecule has 0 bridgehead atoms. The van der Waals surface area contributed by atoms with Gasteiger partial charge >= 0.3 is 8.56 Å². The van der Waals surface area contributed by atoms with E-state index in [0.29, 0.717) is 0 Å². The third-order valence-electron chi connectivity index (χ3n) is 4.41. The van der Waals surface area contributed by atoms with E-state index in [-0.39, 0.29) is 0 Å². The summed E-state index contributed by atoms with van der Waals surface area (Å²) < 4.78 is 13.9. The number of benzene rings is 1. The molecule has 0 spiro atoms. The van der Waals surface area contributed by atoms with Crippen LogP contribution in [0, 0.1) is 0 Å². The molecule has 1 aliphatic carbocycles. The van der Waals surface area contributed by atoms with E-state index in [1.54, 1.807) is 0 Å². The van der Waals surface area contributed by atoms with Gasteiger partial charge in [-0.3, -0.25) is 0 Å². The molecule has 5 heteroatoms. The minimum atomic E-state index is -2.71. The molecule has 0 saturated carbocycles. The Bertz CT molecular complexity index is 599. The van der Waals surface area contributed by atoms with Gasteiger partial charge in [0.25, 0.3) is 0 Å². The van der Waals surface area contributed by atoms with E-state index in [1.807, 2.05) is 11.4 Å². The molecule has 1 aromatic rings. The zero-order valence-electron chi connectivity index (χ0n) is 15.5. The van der Waals surface area contributed by atoms with Crippen LogP contribution in [0.4, 0.5) is 0 Å². The lowest BCUT2D eigenvalue weighted by molar-refractivity contribution is 0.410. The summed E-state index contributed by atoms with van der Waals surface area (Å²) in [5.41, 5.74) is 4.03. The Morgan fingerprint density at radius 1 is 0.917 bits per heavy atom. The van der Waals surface area contributed by atoms with E-state index in [4.69, 9.17) is 8.23 Å². The van der Waals surface area contributed by atoms with Gasteiger partial charge in [-0.25, -0.2) is 0 Å². The van der Waals surface area contributed by atoms with Crippen molar-refractivity contribution in [1.29, 1.82) is 0 Å². The van der Waals surface area contributed by atoms with Crippen LogP contribution < -0.4 is 5.19 Å². The van der Waals surface area contributed by atoms with Crippen molar-refractivity contribution in [3.63, 3.8) is 0 Å². The zero-order chi connectivity index (χ0) is 17.8. The van der Waals surface area contributed by atoms with Crippen molar-refractivity contribution in [2.45, 2.75) is 45.5 Å². The highest BCUT2D eigenvalue weighted by molar-refractivity contribution is 7.00. The minimum absolute atomic E-state index is 1.07. The molecule has 24 heavy (non-hydrogen) atoms. The normalized spacial score (nSPS) is 15.9. The highest BCUT2D eigenvalue weighted by Gasteiger charge is 2.50. The standard InChI is InChI=1S/C19H30O2Si3/c1-7-22(3,4)20-24(19-16-12-13-17-19,21-23(5,6)8-2)18-14-10-9-11-15-18/h7-11,14-16H,1-2,12-13,17H2,3-6H3. The third kappa shape index (κ3) is 4.34. The van der Waals surface area contributed by atoms with Gasteiger partial charge in [-0.1, -0.05) is 47.8 Å². The molecule has 0 heterocycles. The molecule has 0 radical (unpaired) electrons. The largest absolute Gasteiger partial charge is 0.427 e. The average molecular weight is 375 g/mol. The SMILES string of the molecule is C=C[Si](C)(C)O[Si](O[Si](C)(C)C=C)(C1=CCCC1)c1ccccc1. The molecule has 0 atom stereocenters. The second kappa shape index (κ2) is 7.49. The summed E-state index contributed by atoms with van der Waals surface area (Å²) in [5, 5.41) is 2.60. The summed E-state index contributed by atoms with van der Waals surface area (Å²) in [6, 6.07) is 10.6. The van der Waals surface area contributed by atoms with Crippen LogP contribution >= 0.6 is 0 Å². The van der Waals surface area contributed by atoms with Crippen LogP contribution in [-0.4, -0.2) is 25.2 Å². The van der Waals surface area contributed by atoms with Crippen LogP contribution in [0.5, 0.6) is 0 Å². The third-order valence-corrected chi connectivity index (χ3v) is 15.3. The molecule has 2 rings (SSSR count). The van der Waals surface area contributed by atoms with Crippen molar-refractivity contribution in [1.82, 2.24) is 0 Å². The van der Waals surface area contributed by atoms with Gasteiger partial charge in [-0.05, 0) is 55.8 Å². The van der Waals surface area contributed by atoms with Gasteiger partial charge in [0, 0.05) is 0 Å². The second-order valence-corrected chi connectivity index (χ2v) is 18.7. The first kappa shape index (κ1) is 19.3. The Hall–Kier alpha value is -0.989. The first-order valence-electron chi connectivity index (χ1n) is 8.67. The van der Waals surface area contributed by atoms with E-state index in [0.717, 1.165) is 12.8 Å². The Balaban J connectivity index is 2.63. The van der Waals surface area contributed by atoms with Gasteiger partial charge in [0.15, 0.2) is 0 Å². The first-order valence-corrected chi connectivity index (χ1v) is 16.5. The Morgan fingerprint density at radius 3 is 1.88 bits per heavy atom. The summed E-state index contributed by atoms with van der Waals surface area (Å²) in [5.74, 6) is 0. The lowest BCUT2D eigenvalue weighted by Crippen LogP contribution is -2.64. The van der Waals surface area contributed by atoms with Crippen molar-refractivity contribution in [2.75, 3.05) is 0 Å². The molecular formula is C19H30O2Si3. The molecule has 130 valence electrons. The number of allylic oxidation sites excluding steroid dienone is 2. The van der Waals surface area contributed by atoms with Gasteiger partial charge in [0.1, 0.15) is 0 Å². The molecule has 0 fully saturated rings. The summed E-state index contributed by atoms with van der Waals surface area (Å²) in [6.45, 7) is 16.9. The van der Waals surface area contributed by atoms with Crippen LogP contribution in [0.15, 0.2) is 66.2 Å². The maximum Gasteiger partial charge on any atom is 0.382 e. The van der Waals surface area contributed by atoms with E-state index in [9.17, 15) is 0 Å². The van der Waals surface area contributed by atoms with Crippen molar-refractivity contribution in [3.8, 4) is 0 Å². The first-order chi connectivity index (χ1) is 11.2. The van der Waals surface area contributed by atoms with Crippen LogP contribution in [-0.2, 0) is 8.23 Å². The van der Waals surface area contributed by atoms with Gasteiger partial charge in [-0.15, -0.1) is 13.2 Å². The molecule has 1 aromatic carbocycles. The fraction of sp³-hybridized carbons (Fsp3) is 0.368. The Morgan fingerprint density at radius 2 is 1.46 bits per heavy atom. The smallest absolute Gasteiger partial charge is 0.382 e. The number of hydrogen-bond acceptors (Lipinski definition) is 2. The van der Waals surface area contributed by atoms with Crippen molar-refractivity contribution in [2.24, 2.45) is 0 Å². The maximum atomic E-state index is 6.94. The molecule has 0 aliphatic heterocycles. The second-order valence-electron chi connectivity index (χ2n) is 7.42. The molecule has 0 amide bonds. The maximum absolute atomic E-state index is 6.94. The van der Waals surface area contributed by atoms with Crippen LogP contribution in [0.3, 0.4) is 0 Å². The quantitative estimate of drug-likeness (QED) is 0.604. The highest BCUT2D eigenvalue weighted by Crippen LogP contribution is 2.33. The zero-order valence-corrected chi connectivity index (χ0v) is 18.5. The van der Waals surface area contributed by atoms with Gasteiger partial charge < -0.3 is 8.23 Å². The number of hydrogen-bond donors (Lipinski definition) is 0. The molecule has 0 unspecified atom stereocenters. The summed E-state index contributed by atoms with van der Waals surface area (Å²) >= 11 is 0. The summed E-state index contributed by atoms with van der Waals surface area (Å²) in [7, 11) is -6.76. The molecule has 2 nitrogen and oxygen atoms in total. The van der Waals surface area contributed by atoms with Crippen molar-refractivity contribution in [3.05, 3.63) is 66.2 Å².